The number of hydrogen-bond acceptors (Lipinski definition) is 5. The zero-order valence-corrected chi connectivity index (χ0v) is 9.42. The molecule has 2 aromatic heterocycles. The molecule has 6 heteroatoms. The summed E-state index contributed by atoms with van der Waals surface area (Å²) in [5.74, 6) is 1.01. The Balaban J connectivity index is 0.00000112. The highest BCUT2D eigenvalue weighted by atomic mass is 35.5. The van der Waals surface area contributed by atoms with Crippen molar-refractivity contribution in [3.63, 3.8) is 0 Å². The molecule has 0 amide bonds. The molecule has 4 nitrogen and oxygen atoms in total. The molecular formula is C9H10ClN3OS. The van der Waals surface area contributed by atoms with E-state index in [1.54, 1.807) is 17.4 Å². The number of aromatic nitrogens is 2. The lowest BCUT2D eigenvalue weighted by Crippen LogP contribution is -1.97. The second kappa shape index (κ2) is 5.65. The topological polar surface area (TPSA) is 64.9 Å². The van der Waals surface area contributed by atoms with Crippen LogP contribution in [0.15, 0.2) is 22.0 Å². The molecule has 0 aliphatic heterocycles. The monoisotopic (exact) mass is 243 g/mol. The van der Waals surface area contributed by atoms with Gasteiger partial charge in [-0.1, -0.05) is 11.2 Å². The summed E-state index contributed by atoms with van der Waals surface area (Å²) >= 11 is 1.65. The van der Waals surface area contributed by atoms with Gasteiger partial charge in [-0.2, -0.15) is 4.98 Å². The SMILES string of the molecule is Cl.NCc1noc(/C=C/c2cccs2)n1. The highest BCUT2D eigenvalue weighted by molar-refractivity contribution is 7.10. The van der Waals surface area contributed by atoms with Gasteiger partial charge in [0.15, 0.2) is 5.82 Å². The molecule has 0 aliphatic rings. The molecule has 0 radical (unpaired) electrons. The first-order chi connectivity index (χ1) is 6.88. The minimum atomic E-state index is 0. The average molecular weight is 244 g/mol. The van der Waals surface area contributed by atoms with Crippen molar-refractivity contribution in [2.75, 3.05) is 0 Å². The van der Waals surface area contributed by atoms with Crippen molar-refractivity contribution in [2.24, 2.45) is 5.73 Å². The molecule has 2 heterocycles. The normalized spacial score (nSPS) is 10.5. The van der Waals surface area contributed by atoms with Crippen LogP contribution in [0.1, 0.15) is 16.6 Å². The molecule has 0 saturated heterocycles. The first kappa shape index (κ1) is 11.9. The van der Waals surface area contributed by atoms with Crippen LogP contribution in [0.25, 0.3) is 12.2 Å². The Morgan fingerprint density at radius 1 is 1.47 bits per heavy atom. The van der Waals surface area contributed by atoms with Crippen LogP contribution in [0.5, 0.6) is 0 Å². The summed E-state index contributed by atoms with van der Waals surface area (Å²) in [7, 11) is 0. The molecule has 2 rings (SSSR count). The maximum absolute atomic E-state index is 5.35. The molecule has 15 heavy (non-hydrogen) atoms. The third-order valence-electron chi connectivity index (χ3n) is 1.60. The standard InChI is InChI=1S/C9H9N3OS.ClH/c10-6-8-11-9(13-12-8)4-3-7-2-1-5-14-7;/h1-5H,6,10H2;1H/b4-3+;. The Kier molecular flexibility index (Phi) is 4.48. The summed E-state index contributed by atoms with van der Waals surface area (Å²) < 4.78 is 4.93. The first-order valence-corrected chi connectivity index (χ1v) is 5.00. The van der Waals surface area contributed by atoms with Gasteiger partial charge in [0.25, 0.3) is 5.89 Å². The van der Waals surface area contributed by atoms with Crippen molar-refractivity contribution in [3.8, 4) is 0 Å². The molecule has 0 atom stereocenters. The molecule has 2 aromatic rings. The summed E-state index contributed by atoms with van der Waals surface area (Å²) in [6.07, 6.45) is 3.70. The molecular weight excluding hydrogens is 234 g/mol. The number of nitrogens with two attached hydrogens (primary N) is 1. The van der Waals surface area contributed by atoms with Gasteiger partial charge in [0.05, 0.1) is 6.54 Å². The largest absolute Gasteiger partial charge is 0.335 e. The van der Waals surface area contributed by atoms with Gasteiger partial charge >= 0.3 is 0 Å². The van der Waals surface area contributed by atoms with Gasteiger partial charge in [0.2, 0.25) is 0 Å². The molecule has 80 valence electrons. The second-order valence-corrected chi connectivity index (χ2v) is 3.58. The summed E-state index contributed by atoms with van der Waals surface area (Å²) in [4.78, 5) is 5.19. The van der Waals surface area contributed by atoms with Crippen LogP contribution >= 0.6 is 23.7 Å². The molecule has 0 aliphatic carbocycles. The van der Waals surface area contributed by atoms with Crippen molar-refractivity contribution < 1.29 is 4.52 Å². The lowest BCUT2D eigenvalue weighted by molar-refractivity contribution is 0.403. The number of halogens is 1. The van der Waals surface area contributed by atoms with E-state index in [1.165, 1.54) is 0 Å². The van der Waals surface area contributed by atoms with E-state index in [0.717, 1.165) is 4.88 Å². The fourth-order valence-electron chi connectivity index (χ4n) is 0.958. The minimum Gasteiger partial charge on any atom is -0.335 e. The Morgan fingerprint density at radius 2 is 2.33 bits per heavy atom. The second-order valence-electron chi connectivity index (χ2n) is 2.60. The van der Waals surface area contributed by atoms with Crippen LogP contribution in [-0.4, -0.2) is 10.1 Å². The quantitative estimate of drug-likeness (QED) is 0.898. The van der Waals surface area contributed by atoms with E-state index in [-0.39, 0.29) is 12.4 Å². The van der Waals surface area contributed by atoms with Crippen molar-refractivity contribution in [1.29, 1.82) is 0 Å². The molecule has 0 bridgehead atoms. The van der Waals surface area contributed by atoms with Gasteiger partial charge in [0, 0.05) is 11.0 Å². The number of hydrogen-bond donors (Lipinski definition) is 1. The van der Waals surface area contributed by atoms with Crippen LogP contribution in [0, 0.1) is 0 Å². The van der Waals surface area contributed by atoms with Crippen LogP contribution in [0.4, 0.5) is 0 Å². The summed E-state index contributed by atoms with van der Waals surface area (Å²) in [5.41, 5.74) is 5.35. The zero-order chi connectivity index (χ0) is 9.80. The summed E-state index contributed by atoms with van der Waals surface area (Å²) in [6, 6.07) is 4.00. The first-order valence-electron chi connectivity index (χ1n) is 4.13. The van der Waals surface area contributed by atoms with Gasteiger partial charge in [-0.3, -0.25) is 0 Å². The predicted octanol–water partition coefficient (Wildman–Crippen LogP) is 2.18. The Bertz CT molecular complexity index is 424. The van der Waals surface area contributed by atoms with Crippen molar-refractivity contribution in [2.45, 2.75) is 6.54 Å². The van der Waals surface area contributed by atoms with Crippen LogP contribution in [-0.2, 0) is 6.54 Å². The molecule has 0 spiro atoms. The lowest BCUT2D eigenvalue weighted by Gasteiger charge is -1.80. The van der Waals surface area contributed by atoms with Crippen LogP contribution in [0.3, 0.4) is 0 Å². The highest BCUT2D eigenvalue weighted by Crippen LogP contribution is 2.12. The van der Waals surface area contributed by atoms with E-state index in [2.05, 4.69) is 10.1 Å². The van der Waals surface area contributed by atoms with E-state index >= 15 is 0 Å². The van der Waals surface area contributed by atoms with E-state index in [1.807, 2.05) is 23.6 Å². The van der Waals surface area contributed by atoms with Crippen molar-refractivity contribution >= 4 is 35.9 Å². The third kappa shape index (κ3) is 3.16. The van der Waals surface area contributed by atoms with Crippen LogP contribution < -0.4 is 5.73 Å². The molecule has 0 aromatic carbocycles. The van der Waals surface area contributed by atoms with Gasteiger partial charge in [-0.25, -0.2) is 0 Å². The van der Waals surface area contributed by atoms with Gasteiger partial charge in [-0.05, 0) is 17.5 Å². The average Bonchev–Trinajstić information content (AvgIpc) is 2.86. The van der Waals surface area contributed by atoms with Crippen molar-refractivity contribution in [1.82, 2.24) is 10.1 Å². The van der Waals surface area contributed by atoms with Crippen molar-refractivity contribution in [3.05, 3.63) is 34.1 Å². The fourth-order valence-corrected chi connectivity index (χ4v) is 1.58. The summed E-state index contributed by atoms with van der Waals surface area (Å²) in [5, 5.41) is 5.69. The zero-order valence-electron chi connectivity index (χ0n) is 7.79. The number of nitrogens with zero attached hydrogens (tertiary/aromatic N) is 2. The molecule has 0 saturated carbocycles. The minimum absolute atomic E-state index is 0. The molecule has 0 unspecified atom stereocenters. The van der Waals surface area contributed by atoms with Gasteiger partial charge in [0.1, 0.15) is 0 Å². The van der Waals surface area contributed by atoms with E-state index in [0.29, 0.717) is 18.3 Å². The highest BCUT2D eigenvalue weighted by Gasteiger charge is 1.99. The third-order valence-corrected chi connectivity index (χ3v) is 2.44. The van der Waals surface area contributed by atoms with E-state index in [9.17, 15) is 0 Å². The predicted molar refractivity (Wildman–Crippen MR) is 62.7 cm³/mol. The Morgan fingerprint density at radius 3 is 2.93 bits per heavy atom. The van der Waals surface area contributed by atoms with Gasteiger partial charge < -0.3 is 10.3 Å². The maximum atomic E-state index is 5.35. The smallest absolute Gasteiger partial charge is 0.250 e. The molecule has 0 fully saturated rings. The number of rotatable bonds is 3. The van der Waals surface area contributed by atoms with Crippen LogP contribution in [0.2, 0.25) is 0 Å². The fraction of sp³-hybridized carbons (Fsp3) is 0.111. The Labute approximate surface area is 97.2 Å². The molecule has 2 N–H and O–H groups in total. The summed E-state index contributed by atoms with van der Waals surface area (Å²) in [6.45, 7) is 0.302. The number of thiophene rings is 1. The van der Waals surface area contributed by atoms with E-state index < -0.39 is 0 Å². The lowest BCUT2D eigenvalue weighted by atomic mass is 10.4. The maximum Gasteiger partial charge on any atom is 0.250 e. The van der Waals surface area contributed by atoms with E-state index in [4.69, 9.17) is 10.3 Å². The van der Waals surface area contributed by atoms with Gasteiger partial charge in [-0.15, -0.1) is 23.7 Å². The Hall–Kier alpha value is -1.17.